The SMILES string of the molecule is COc1ccc(C(NN)c2cc(Cl)ccc2Cl)cc1F. The molecule has 0 aliphatic heterocycles. The Hall–Kier alpha value is -1.33. The van der Waals surface area contributed by atoms with Crippen molar-refractivity contribution in [3.05, 3.63) is 63.4 Å². The van der Waals surface area contributed by atoms with Crippen LogP contribution in [0.5, 0.6) is 5.75 Å². The smallest absolute Gasteiger partial charge is 0.165 e. The number of hydrazine groups is 1. The van der Waals surface area contributed by atoms with Crippen molar-refractivity contribution < 1.29 is 9.13 Å². The zero-order valence-electron chi connectivity index (χ0n) is 10.7. The van der Waals surface area contributed by atoms with Gasteiger partial charge in [0.15, 0.2) is 11.6 Å². The fraction of sp³-hybridized carbons (Fsp3) is 0.143. The lowest BCUT2D eigenvalue weighted by Crippen LogP contribution is -2.29. The van der Waals surface area contributed by atoms with Crippen molar-refractivity contribution in [1.82, 2.24) is 5.43 Å². The molecule has 3 nitrogen and oxygen atoms in total. The summed E-state index contributed by atoms with van der Waals surface area (Å²) in [7, 11) is 1.41. The predicted molar refractivity (Wildman–Crippen MR) is 78.6 cm³/mol. The minimum atomic E-state index is -0.471. The highest BCUT2D eigenvalue weighted by Gasteiger charge is 2.18. The quantitative estimate of drug-likeness (QED) is 0.668. The van der Waals surface area contributed by atoms with Crippen LogP contribution in [0.4, 0.5) is 4.39 Å². The summed E-state index contributed by atoms with van der Waals surface area (Å²) in [5, 5.41) is 1.02. The van der Waals surface area contributed by atoms with E-state index < -0.39 is 11.9 Å². The van der Waals surface area contributed by atoms with Crippen molar-refractivity contribution in [3.8, 4) is 5.75 Å². The molecule has 1 atom stereocenters. The standard InChI is InChI=1S/C14H13Cl2FN2O/c1-20-13-5-2-8(6-12(13)17)14(19-18)10-7-9(15)3-4-11(10)16/h2-7,14,19H,18H2,1H3. The van der Waals surface area contributed by atoms with E-state index >= 15 is 0 Å². The third-order valence-corrected chi connectivity index (χ3v) is 3.52. The molecule has 2 aromatic carbocycles. The van der Waals surface area contributed by atoms with Crippen molar-refractivity contribution in [2.24, 2.45) is 5.84 Å². The maximum Gasteiger partial charge on any atom is 0.165 e. The van der Waals surface area contributed by atoms with E-state index in [1.165, 1.54) is 19.2 Å². The van der Waals surface area contributed by atoms with Crippen molar-refractivity contribution in [2.75, 3.05) is 7.11 Å². The summed E-state index contributed by atoms with van der Waals surface area (Å²) in [6.45, 7) is 0. The molecule has 0 aliphatic rings. The van der Waals surface area contributed by atoms with Gasteiger partial charge in [0.25, 0.3) is 0 Å². The first-order chi connectivity index (χ1) is 9.56. The van der Waals surface area contributed by atoms with Crippen LogP contribution in [-0.4, -0.2) is 7.11 Å². The topological polar surface area (TPSA) is 47.3 Å². The van der Waals surface area contributed by atoms with Crippen LogP contribution in [0.25, 0.3) is 0 Å². The fourth-order valence-corrected chi connectivity index (χ4v) is 2.37. The predicted octanol–water partition coefficient (Wildman–Crippen LogP) is 3.69. The molecular formula is C14H13Cl2FN2O. The van der Waals surface area contributed by atoms with E-state index in [0.29, 0.717) is 21.2 Å². The van der Waals surface area contributed by atoms with Gasteiger partial charge in [-0.25, -0.2) is 9.82 Å². The molecule has 0 amide bonds. The lowest BCUT2D eigenvalue weighted by molar-refractivity contribution is 0.385. The molecule has 0 aliphatic carbocycles. The average Bonchev–Trinajstić information content (AvgIpc) is 2.44. The molecule has 2 rings (SSSR count). The summed E-state index contributed by atoms with van der Waals surface area (Å²) < 4.78 is 18.7. The second-order valence-electron chi connectivity index (χ2n) is 4.16. The largest absolute Gasteiger partial charge is 0.494 e. The minimum absolute atomic E-state index is 0.168. The van der Waals surface area contributed by atoms with E-state index in [2.05, 4.69) is 5.43 Å². The molecule has 0 spiro atoms. The van der Waals surface area contributed by atoms with E-state index in [1.54, 1.807) is 24.3 Å². The van der Waals surface area contributed by atoms with E-state index in [1.807, 2.05) is 0 Å². The van der Waals surface area contributed by atoms with Crippen LogP contribution >= 0.6 is 23.2 Å². The Morgan fingerprint density at radius 1 is 1.20 bits per heavy atom. The molecule has 6 heteroatoms. The average molecular weight is 315 g/mol. The third-order valence-electron chi connectivity index (χ3n) is 2.94. The molecule has 0 aromatic heterocycles. The van der Waals surface area contributed by atoms with Crippen LogP contribution in [-0.2, 0) is 0 Å². The number of hydrogen-bond donors (Lipinski definition) is 2. The van der Waals surface area contributed by atoms with Crippen LogP contribution in [0.1, 0.15) is 17.2 Å². The van der Waals surface area contributed by atoms with E-state index in [4.69, 9.17) is 33.8 Å². The first-order valence-electron chi connectivity index (χ1n) is 5.81. The van der Waals surface area contributed by atoms with E-state index in [9.17, 15) is 4.39 Å². The van der Waals surface area contributed by atoms with Gasteiger partial charge < -0.3 is 4.74 Å². The molecule has 0 bridgehead atoms. The van der Waals surface area contributed by atoms with Crippen molar-refractivity contribution >= 4 is 23.2 Å². The highest BCUT2D eigenvalue weighted by Crippen LogP contribution is 2.31. The van der Waals surface area contributed by atoms with Crippen LogP contribution < -0.4 is 16.0 Å². The summed E-state index contributed by atoms with van der Waals surface area (Å²) in [5.41, 5.74) is 3.91. The zero-order valence-corrected chi connectivity index (χ0v) is 12.2. The monoisotopic (exact) mass is 314 g/mol. The van der Waals surface area contributed by atoms with Crippen LogP contribution in [0.3, 0.4) is 0 Å². The molecule has 0 heterocycles. The van der Waals surface area contributed by atoms with Crippen LogP contribution in [0, 0.1) is 5.82 Å². The fourth-order valence-electron chi connectivity index (χ4n) is 1.96. The number of benzene rings is 2. The number of halogens is 3. The second kappa shape index (κ2) is 6.41. The Kier molecular flexibility index (Phi) is 4.83. The van der Waals surface area contributed by atoms with Gasteiger partial charge in [0.2, 0.25) is 0 Å². The van der Waals surface area contributed by atoms with Crippen molar-refractivity contribution in [3.63, 3.8) is 0 Å². The Morgan fingerprint density at radius 2 is 1.95 bits per heavy atom. The van der Waals surface area contributed by atoms with Gasteiger partial charge in [0.05, 0.1) is 13.2 Å². The number of nitrogens with one attached hydrogen (secondary N) is 1. The summed E-state index contributed by atoms with van der Waals surface area (Å²) in [5.74, 6) is 5.27. The number of nitrogens with two attached hydrogens (primary N) is 1. The summed E-state index contributed by atoms with van der Waals surface area (Å²) in [4.78, 5) is 0. The van der Waals surface area contributed by atoms with Crippen LogP contribution in [0.2, 0.25) is 10.0 Å². The number of hydrogen-bond acceptors (Lipinski definition) is 3. The van der Waals surface area contributed by atoms with Gasteiger partial charge in [0.1, 0.15) is 0 Å². The van der Waals surface area contributed by atoms with Gasteiger partial charge in [-0.3, -0.25) is 5.84 Å². The van der Waals surface area contributed by atoms with Gasteiger partial charge in [-0.1, -0.05) is 29.3 Å². The Balaban J connectivity index is 2.46. The molecular weight excluding hydrogens is 302 g/mol. The third kappa shape index (κ3) is 3.04. The Labute approximate surface area is 126 Å². The van der Waals surface area contributed by atoms with Crippen LogP contribution in [0.15, 0.2) is 36.4 Å². The van der Waals surface area contributed by atoms with Gasteiger partial charge in [-0.2, -0.15) is 0 Å². The van der Waals surface area contributed by atoms with E-state index in [0.717, 1.165) is 0 Å². The molecule has 1 unspecified atom stereocenters. The molecule has 2 aromatic rings. The number of methoxy groups -OCH3 is 1. The maximum absolute atomic E-state index is 13.8. The summed E-state index contributed by atoms with van der Waals surface area (Å²) in [6, 6.07) is 9.16. The molecule has 106 valence electrons. The Morgan fingerprint density at radius 3 is 2.55 bits per heavy atom. The maximum atomic E-state index is 13.8. The Bertz CT molecular complexity index is 622. The highest BCUT2D eigenvalue weighted by molar-refractivity contribution is 6.33. The molecule has 0 saturated heterocycles. The highest BCUT2D eigenvalue weighted by atomic mass is 35.5. The van der Waals surface area contributed by atoms with Gasteiger partial charge in [-0.05, 0) is 41.5 Å². The van der Waals surface area contributed by atoms with Gasteiger partial charge in [-0.15, -0.1) is 0 Å². The molecule has 0 saturated carbocycles. The van der Waals surface area contributed by atoms with Gasteiger partial charge >= 0.3 is 0 Å². The van der Waals surface area contributed by atoms with E-state index in [-0.39, 0.29) is 5.75 Å². The first kappa shape index (κ1) is 15.1. The molecule has 3 N–H and O–H groups in total. The normalized spacial score (nSPS) is 12.2. The van der Waals surface area contributed by atoms with Crippen molar-refractivity contribution in [1.29, 1.82) is 0 Å². The lowest BCUT2D eigenvalue weighted by atomic mass is 9.99. The summed E-state index contributed by atoms with van der Waals surface area (Å²) >= 11 is 12.1. The number of ether oxygens (including phenoxy) is 1. The minimum Gasteiger partial charge on any atom is -0.494 e. The molecule has 20 heavy (non-hydrogen) atoms. The summed E-state index contributed by atoms with van der Waals surface area (Å²) in [6.07, 6.45) is 0. The molecule has 0 radical (unpaired) electrons. The first-order valence-corrected chi connectivity index (χ1v) is 6.57. The second-order valence-corrected chi connectivity index (χ2v) is 5.00. The lowest BCUT2D eigenvalue weighted by Gasteiger charge is -2.19. The zero-order chi connectivity index (χ0) is 14.7. The number of rotatable bonds is 4. The van der Waals surface area contributed by atoms with Crippen molar-refractivity contribution in [2.45, 2.75) is 6.04 Å². The van der Waals surface area contributed by atoms with Gasteiger partial charge in [0, 0.05) is 10.0 Å². The molecule has 0 fully saturated rings.